The van der Waals surface area contributed by atoms with E-state index in [-0.39, 0.29) is 22.7 Å². The number of nitrogens with zero attached hydrogens (tertiary/aromatic N) is 1. The van der Waals surface area contributed by atoms with Crippen molar-refractivity contribution in [1.29, 1.82) is 0 Å². The van der Waals surface area contributed by atoms with Gasteiger partial charge in [-0.15, -0.1) is 0 Å². The molecule has 0 aliphatic heterocycles. The lowest BCUT2D eigenvalue weighted by atomic mass is 9.96. The van der Waals surface area contributed by atoms with E-state index in [4.69, 9.17) is 5.11 Å². The molecule has 0 radical (unpaired) electrons. The fraction of sp³-hybridized carbons (Fsp3) is 0.471. The number of fused-ring (bicyclic) bond motifs is 1. The molecular formula is C17H20N2O4. The van der Waals surface area contributed by atoms with E-state index in [9.17, 15) is 14.4 Å². The third-order valence-corrected chi connectivity index (χ3v) is 4.62. The summed E-state index contributed by atoms with van der Waals surface area (Å²) in [6.45, 7) is 0. The lowest BCUT2D eigenvalue weighted by Crippen LogP contribution is -2.38. The summed E-state index contributed by atoms with van der Waals surface area (Å²) in [6, 6.07) is 4.14. The molecule has 6 nitrogen and oxygen atoms in total. The zero-order valence-corrected chi connectivity index (χ0v) is 12.9. The Morgan fingerprint density at radius 2 is 1.74 bits per heavy atom. The van der Waals surface area contributed by atoms with Gasteiger partial charge in [0.15, 0.2) is 0 Å². The minimum Gasteiger partial charge on any atom is -0.478 e. The van der Waals surface area contributed by atoms with Gasteiger partial charge in [-0.3, -0.25) is 9.36 Å². The molecule has 2 aromatic rings. The molecule has 1 heterocycles. The van der Waals surface area contributed by atoms with Crippen LogP contribution in [0.3, 0.4) is 0 Å². The van der Waals surface area contributed by atoms with Gasteiger partial charge >= 0.3 is 11.7 Å². The quantitative estimate of drug-likeness (QED) is 0.891. The maximum absolute atomic E-state index is 12.7. The molecule has 0 unspecified atom stereocenters. The van der Waals surface area contributed by atoms with Crippen LogP contribution in [0.4, 0.5) is 0 Å². The van der Waals surface area contributed by atoms with Crippen LogP contribution in [0.5, 0.6) is 0 Å². The van der Waals surface area contributed by atoms with Crippen LogP contribution in [-0.2, 0) is 0 Å². The molecule has 0 amide bonds. The van der Waals surface area contributed by atoms with Crippen LogP contribution in [0.15, 0.2) is 27.8 Å². The summed E-state index contributed by atoms with van der Waals surface area (Å²) in [5, 5.41) is 9.38. The van der Waals surface area contributed by atoms with Gasteiger partial charge in [-0.25, -0.2) is 9.59 Å². The molecule has 1 aliphatic carbocycles. The number of carboxylic acid groups (broad SMARTS) is 1. The first-order chi connectivity index (χ1) is 11.1. The molecule has 2 N–H and O–H groups in total. The summed E-state index contributed by atoms with van der Waals surface area (Å²) in [5.74, 6) is -1.09. The molecule has 1 aromatic carbocycles. The normalized spacial score (nSPS) is 16.9. The van der Waals surface area contributed by atoms with Crippen molar-refractivity contribution in [2.75, 3.05) is 0 Å². The number of carbonyl (C=O) groups is 1. The number of benzene rings is 1. The van der Waals surface area contributed by atoms with Crippen molar-refractivity contribution < 1.29 is 9.90 Å². The van der Waals surface area contributed by atoms with E-state index in [2.05, 4.69) is 4.98 Å². The Kier molecular flexibility index (Phi) is 4.32. The second-order valence-electron chi connectivity index (χ2n) is 6.17. The average molecular weight is 316 g/mol. The van der Waals surface area contributed by atoms with Crippen molar-refractivity contribution in [2.45, 2.75) is 51.0 Å². The smallest absolute Gasteiger partial charge is 0.335 e. The van der Waals surface area contributed by atoms with E-state index in [1.165, 1.54) is 29.2 Å². The SMILES string of the molecule is O=C(O)c1ccc2c(=O)n(C3CCCCCCC3)c(=O)[nH]c2c1. The van der Waals surface area contributed by atoms with Gasteiger partial charge in [0, 0.05) is 6.04 Å². The number of aromatic amines is 1. The third kappa shape index (κ3) is 3.06. The lowest BCUT2D eigenvalue weighted by Gasteiger charge is -2.21. The number of hydrogen-bond donors (Lipinski definition) is 2. The van der Waals surface area contributed by atoms with Gasteiger partial charge in [-0.1, -0.05) is 32.1 Å². The van der Waals surface area contributed by atoms with Gasteiger partial charge in [0.2, 0.25) is 0 Å². The predicted molar refractivity (Wildman–Crippen MR) is 87.1 cm³/mol. The molecule has 1 aliphatic rings. The number of aromatic carboxylic acids is 1. The highest BCUT2D eigenvalue weighted by molar-refractivity contribution is 5.92. The van der Waals surface area contributed by atoms with Crippen molar-refractivity contribution in [2.24, 2.45) is 0 Å². The molecule has 23 heavy (non-hydrogen) atoms. The van der Waals surface area contributed by atoms with Crippen LogP contribution >= 0.6 is 0 Å². The van der Waals surface area contributed by atoms with Crippen LogP contribution in [0.1, 0.15) is 61.3 Å². The molecule has 1 fully saturated rings. The van der Waals surface area contributed by atoms with E-state index in [1.807, 2.05) is 0 Å². The summed E-state index contributed by atoms with van der Waals surface area (Å²) >= 11 is 0. The maximum atomic E-state index is 12.7. The Balaban J connectivity index is 2.10. The summed E-state index contributed by atoms with van der Waals surface area (Å²) in [6.07, 6.45) is 7.20. The third-order valence-electron chi connectivity index (χ3n) is 4.62. The number of H-pyrrole nitrogens is 1. The first kappa shape index (κ1) is 15.5. The summed E-state index contributed by atoms with van der Waals surface area (Å²) in [7, 11) is 0. The second-order valence-corrected chi connectivity index (χ2v) is 6.17. The second kappa shape index (κ2) is 6.40. The van der Waals surface area contributed by atoms with E-state index in [0.717, 1.165) is 38.5 Å². The van der Waals surface area contributed by atoms with Crippen molar-refractivity contribution in [3.8, 4) is 0 Å². The molecule has 0 spiro atoms. The Labute approximate surface area is 132 Å². The van der Waals surface area contributed by atoms with Gasteiger partial charge in [-0.05, 0) is 31.0 Å². The van der Waals surface area contributed by atoms with Gasteiger partial charge in [-0.2, -0.15) is 0 Å². The highest BCUT2D eigenvalue weighted by Gasteiger charge is 2.19. The molecule has 3 rings (SSSR count). The predicted octanol–water partition coefficient (Wildman–Crippen LogP) is 2.67. The van der Waals surface area contributed by atoms with Crippen LogP contribution < -0.4 is 11.2 Å². The highest BCUT2D eigenvalue weighted by atomic mass is 16.4. The van der Waals surface area contributed by atoms with Crippen LogP contribution in [0.2, 0.25) is 0 Å². The first-order valence-corrected chi connectivity index (χ1v) is 8.10. The molecule has 122 valence electrons. The van der Waals surface area contributed by atoms with Crippen LogP contribution in [0.25, 0.3) is 10.9 Å². The van der Waals surface area contributed by atoms with Crippen LogP contribution in [0, 0.1) is 0 Å². The Morgan fingerprint density at radius 1 is 1.09 bits per heavy atom. The molecule has 1 saturated carbocycles. The topological polar surface area (TPSA) is 92.2 Å². The van der Waals surface area contributed by atoms with Gasteiger partial charge < -0.3 is 10.1 Å². The number of nitrogens with one attached hydrogen (secondary N) is 1. The summed E-state index contributed by atoms with van der Waals surface area (Å²) < 4.78 is 1.33. The largest absolute Gasteiger partial charge is 0.478 e. The van der Waals surface area contributed by atoms with E-state index < -0.39 is 11.7 Å². The van der Waals surface area contributed by atoms with Crippen LogP contribution in [-0.4, -0.2) is 20.6 Å². The van der Waals surface area contributed by atoms with Crippen molar-refractivity contribution >= 4 is 16.9 Å². The lowest BCUT2D eigenvalue weighted by molar-refractivity contribution is 0.0697. The average Bonchev–Trinajstić information content (AvgIpc) is 2.48. The monoisotopic (exact) mass is 316 g/mol. The zero-order valence-electron chi connectivity index (χ0n) is 12.9. The first-order valence-electron chi connectivity index (χ1n) is 8.10. The minimum atomic E-state index is -1.09. The Bertz CT molecular complexity index is 842. The van der Waals surface area contributed by atoms with E-state index >= 15 is 0 Å². The van der Waals surface area contributed by atoms with Crippen molar-refractivity contribution in [3.63, 3.8) is 0 Å². The fourth-order valence-electron chi connectivity index (χ4n) is 3.39. The maximum Gasteiger partial charge on any atom is 0.335 e. The molecule has 0 atom stereocenters. The standard InChI is InChI=1S/C17H20N2O4/c20-15-13-9-8-11(16(21)22)10-14(13)18-17(23)19(15)12-6-4-2-1-3-5-7-12/h8-10,12H,1-7H2,(H,18,23)(H,21,22). The molecule has 0 bridgehead atoms. The van der Waals surface area contributed by atoms with Gasteiger partial charge in [0.1, 0.15) is 0 Å². The Morgan fingerprint density at radius 3 is 2.39 bits per heavy atom. The molecular weight excluding hydrogens is 296 g/mol. The zero-order chi connectivity index (χ0) is 16.4. The number of carboxylic acids is 1. The molecule has 6 heteroatoms. The number of aromatic nitrogens is 2. The highest BCUT2D eigenvalue weighted by Crippen LogP contribution is 2.24. The number of hydrogen-bond acceptors (Lipinski definition) is 3. The summed E-state index contributed by atoms with van der Waals surface area (Å²) in [5.41, 5.74) is -0.444. The van der Waals surface area contributed by atoms with Crippen molar-refractivity contribution in [3.05, 3.63) is 44.6 Å². The summed E-state index contributed by atoms with van der Waals surface area (Å²) in [4.78, 5) is 38.8. The molecule has 1 aromatic heterocycles. The molecule has 0 saturated heterocycles. The van der Waals surface area contributed by atoms with E-state index in [0.29, 0.717) is 5.39 Å². The minimum absolute atomic E-state index is 0.0521. The van der Waals surface area contributed by atoms with Crippen molar-refractivity contribution in [1.82, 2.24) is 9.55 Å². The Hall–Kier alpha value is -2.37. The number of rotatable bonds is 2. The van der Waals surface area contributed by atoms with Gasteiger partial charge in [0.05, 0.1) is 16.5 Å². The van der Waals surface area contributed by atoms with Gasteiger partial charge in [0.25, 0.3) is 5.56 Å². The van der Waals surface area contributed by atoms with E-state index in [1.54, 1.807) is 0 Å². The fourth-order valence-corrected chi connectivity index (χ4v) is 3.39.